The van der Waals surface area contributed by atoms with Crippen LogP contribution in [0, 0.1) is 23.7 Å². The molecule has 0 unspecified atom stereocenters. The first-order valence-corrected chi connectivity index (χ1v) is 27.0. The molecule has 0 radical (unpaired) electrons. The molecule has 5 N–H and O–H groups in total. The number of rotatable bonds is 11. The fraction of sp³-hybridized carbons (Fsp3) is 0.482. The number of H-pyrrole nitrogens is 1. The van der Waals surface area contributed by atoms with Crippen molar-refractivity contribution >= 4 is 46.0 Å². The number of carbonyl (C=O) groups excluding carboxylic acids is 3. The number of nitrogens with one attached hydrogen (secondary N) is 3. The molecule has 6 aromatic rings. The summed E-state index contributed by atoms with van der Waals surface area (Å²) >= 11 is 1.59. The van der Waals surface area contributed by atoms with Gasteiger partial charge < -0.3 is 40.5 Å². The van der Waals surface area contributed by atoms with Gasteiger partial charge in [-0.15, -0.1) is 21.5 Å². The Morgan fingerprint density at radius 1 is 0.905 bits per heavy atom. The molecule has 0 bridgehead atoms. The highest BCUT2D eigenvalue weighted by Crippen LogP contribution is 2.60. The van der Waals surface area contributed by atoms with E-state index < -0.39 is 23.6 Å². The summed E-state index contributed by atoms with van der Waals surface area (Å²) in [5.41, 5.74) is 8.37. The molecule has 1 spiro atoms. The van der Waals surface area contributed by atoms with Crippen LogP contribution < -0.4 is 21.1 Å². The average molecular weight is 1020 g/mol. The number of aromatic hydroxyl groups is 1. The SMILES string of the molecule is Cc1ncsc1-c1ccc([C@H](C)NC(=O)[C@@H]2C[C@@H](O)CN2C(=O)[C@@H](NC(=O)C2CC3(C2)CC(N2CCC(c4cnc(N5CCc6c(c7cc(-c8ccccc8O)nnc7[nH]c6=O)C5)nc4)CC2)C3)C(C)(C)C)cc1. The standard InChI is InChI=1S/C56H65N11O6S/c1-31(33-10-12-35(13-11-33)47-32(2)59-30-74-47)60-52(72)45-20-39(68)28-67(45)53(73)48(55(3,4)5)61-50(70)36-22-56(23-36)24-38(25-56)65-17-14-34(15-18-65)37-26-57-54(58-27-37)66-19-16-40-43(29-66)42-21-44(41-8-6-7-9-46(41)69)63-64-49(42)62-51(40)71/h6-13,21,26-27,30-31,34,36,38-39,45,48,68-69H,14-20,22-25,28-29H2,1-5H3,(H,60,72)(H,61,70)(H,62,64,71)/t31-,36?,38?,39+,45-,48+,56?/m0/s1. The van der Waals surface area contributed by atoms with Crippen molar-refractivity contribution in [2.45, 2.75) is 129 Å². The summed E-state index contributed by atoms with van der Waals surface area (Å²) in [4.78, 5) is 79.4. The maximum atomic E-state index is 14.4. The Morgan fingerprint density at radius 3 is 2.32 bits per heavy atom. The molecular weight excluding hydrogens is 955 g/mol. The largest absolute Gasteiger partial charge is 0.507 e. The predicted molar refractivity (Wildman–Crippen MR) is 282 cm³/mol. The van der Waals surface area contributed by atoms with E-state index >= 15 is 0 Å². The smallest absolute Gasteiger partial charge is 0.253 e. The lowest BCUT2D eigenvalue weighted by atomic mass is 9.49. The van der Waals surface area contributed by atoms with Gasteiger partial charge in [-0.3, -0.25) is 19.2 Å². The van der Waals surface area contributed by atoms with Crippen LogP contribution in [0.15, 0.2) is 77.3 Å². The van der Waals surface area contributed by atoms with Crippen LogP contribution in [0.5, 0.6) is 5.75 Å². The number of aliphatic hydroxyl groups excluding tert-OH is 1. The number of benzene rings is 2. The highest BCUT2D eigenvalue weighted by atomic mass is 32.1. The molecule has 2 aliphatic carbocycles. The number of β-amino-alcohol motifs (C(OH)–C–C–N with tert-alkyl or cyclic N) is 1. The molecule has 2 aromatic carbocycles. The van der Waals surface area contributed by atoms with E-state index in [1.165, 1.54) is 4.90 Å². The molecular formula is C56H65N11O6S. The van der Waals surface area contributed by atoms with E-state index in [9.17, 15) is 29.4 Å². The first-order valence-electron chi connectivity index (χ1n) is 26.1. The monoisotopic (exact) mass is 1020 g/mol. The third-order valence-corrected chi connectivity index (χ3v) is 17.7. The number of para-hydroxylation sites is 1. The van der Waals surface area contributed by atoms with Crippen LogP contribution in [0.2, 0.25) is 0 Å². The molecule has 386 valence electrons. The highest BCUT2D eigenvalue weighted by molar-refractivity contribution is 7.13. The lowest BCUT2D eigenvalue weighted by Crippen LogP contribution is -2.62. The highest BCUT2D eigenvalue weighted by Gasteiger charge is 2.57. The van der Waals surface area contributed by atoms with Crippen LogP contribution in [0.1, 0.15) is 113 Å². The molecule has 4 aromatic heterocycles. The molecule has 18 heteroatoms. The fourth-order valence-electron chi connectivity index (χ4n) is 12.4. The average Bonchev–Trinajstić information content (AvgIpc) is 3.99. The van der Waals surface area contributed by atoms with Crippen molar-refractivity contribution in [2.75, 3.05) is 31.1 Å². The summed E-state index contributed by atoms with van der Waals surface area (Å²) in [5.74, 6) is 0.132. The number of aryl methyl sites for hydroxylation is 1. The Hall–Kier alpha value is -6.63. The minimum Gasteiger partial charge on any atom is -0.507 e. The molecule has 2 saturated carbocycles. The second kappa shape index (κ2) is 19.6. The second-order valence-corrected chi connectivity index (χ2v) is 23.6. The van der Waals surface area contributed by atoms with Gasteiger partial charge in [-0.2, -0.15) is 0 Å². The summed E-state index contributed by atoms with van der Waals surface area (Å²) in [5, 5.41) is 36.9. The number of fused-ring (bicyclic) bond motifs is 3. The maximum absolute atomic E-state index is 14.4. The number of carbonyl (C=O) groups is 3. The summed E-state index contributed by atoms with van der Waals surface area (Å²) in [6.45, 7) is 12.7. The zero-order valence-corrected chi connectivity index (χ0v) is 43.5. The Balaban J connectivity index is 0.651. The number of thiazole rings is 1. The number of likely N-dealkylation sites (tertiary alicyclic amines) is 2. The van der Waals surface area contributed by atoms with Crippen LogP contribution in [0.4, 0.5) is 5.95 Å². The van der Waals surface area contributed by atoms with Gasteiger partial charge >= 0.3 is 0 Å². The van der Waals surface area contributed by atoms with Crippen molar-refractivity contribution in [2.24, 2.45) is 16.7 Å². The molecule has 17 nitrogen and oxygen atoms in total. The number of aromatic amines is 1. The van der Waals surface area contributed by atoms with Gasteiger partial charge in [-0.25, -0.2) is 15.0 Å². The Morgan fingerprint density at radius 2 is 1.64 bits per heavy atom. The van der Waals surface area contributed by atoms with Crippen molar-refractivity contribution in [1.82, 2.24) is 50.6 Å². The van der Waals surface area contributed by atoms with E-state index in [1.807, 2.05) is 88.9 Å². The van der Waals surface area contributed by atoms with Crippen LogP contribution >= 0.6 is 11.3 Å². The summed E-state index contributed by atoms with van der Waals surface area (Å²) < 4.78 is 0. The minimum absolute atomic E-state index is 0.0297. The molecule has 11 rings (SSSR count). The quantitative estimate of drug-likeness (QED) is 0.0926. The number of phenols is 1. The van der Waals surface area contributed by atoms with Gasteiger partial charge in [0.15, 0.2) is 5.65 Å². The number of hydrogen-bond acceptors (Lipinski definition) is 14. The van der Waals surface area contributed by atoms with Gasteiger partial charge in [-0.05, 0) is 129 Å². The predicted octanol–water partition coefficient (Wildman–Crippen LogP) is 6.58. The van der Waals surface area contributed by atoms with E-state index in [0.29, 0.717) is 54.3 Å². The maximum Gasteiger partial charge on any atom is 0.253 e. The molecule has 3 amide bonds. The Kier molecular flexibility index (Phi) is 13.1. The first kappa shape index (κ1) is 49.6. The Bertz CT molecular complexity index is 3150. The van der Waals surface area contributed by atoms with E-state index in [1.54, 1.807) is 29.5 Å². The van der Waals surface area contributed by atoms with E-state index in [0.717, 1.165) is 95.4 Å². The number of nitrogens with zero attached hydrogens (tertiary/aromatic N) is 8. The number of piperidine rings is 1. The van der Waals surface area contributed by atoms with Crippen molar-refractivity contribution in [3.8, 4) is 27.4 Å². The minimum atomic E-state index is -0.859. The number of anilines is 1. The molecule has 74 heavy (non-hydrogen) atoms. The normalized spacial score (nSPS) is 24.0. The number of aliphatic hydroxyl groups is 1. The van der Waals surface area contributed by atoms with Gasteiger partial charge in [0.2, 0.25) is 23.7 Å². The lowest BCUT2D eigenvalue weighted by molar-refractivity contribution is -0.150. The van der Waals surface area contributed by atoms with Gasteiger partial charge in [0.05, 0.1) is 33.9 Å². The fourth-order valence-corrected chi connectivity index (χ4v) is 13.2. The van der Waals surface area contributed by atoms with E-state index in [2.05, 4.69) is 40.6 Å². The topological polar surface area (TPSA) is 223 Å². The number of amides is 3. The molecule has 4 atom stereocenters. The zero-order chi connectivity index (χ0) is 51.6. The van der Waals surface area contributed by atoms with Crippen molar-refractivity contribution < 1.29 is 24.6 Å². The van der Waals surface area contributed by atoms with Crippen molar-refractivity contribution in [1.29, 1.82) is 0 Å². The van der Waals surface area contributed by atoms with Crippen LogP contribution in [0.25, 0.3) is 32.7 Å². The van der Waals surface area contributed by atoms with Crippen molar-refractivity contribution in [3.05, 3.63) is 111 Å². The van der Waals surface area contributed by atoms with E-state index in [4.69, 9.17) is 9.97 Å². The molecule has 5 aliphatic rings. The second-order valence-electron chi connectivity index (χ2n) is 22.7. The number of aromatic nitrogens is 6. The van der Waals surface area contributed by atoms with Gasteiger partial charge in [0.1, 0.15) is 17.8 Å². The molecule has 7 heterocycles. The van der Waals surface area contributed by atoms with Gasteiger partial charge in [-0.1, -0.05) is 57.2 Å². The van der Waals surface area contributed by atoms with Crippen LogP contribution in [-0.2, 0) is 27.3 Å². The zero-order valence-electron chi connectivity index (χ0n) is 42.7. The number of hydrogen-bond donors (Lipinski definition) is 5. The van der Waals surface area contributed by atoms with E-state index in [-0.39, 0.29) is 59.4 Å². The number of phenolic OH excluding ortho intramolecular Hbond substituents is 1. The summed E-state index contributed by atoms with van der Waals surface area (Å²) in [6.07, 6.45) is 9.53. The third-order valence-electron chi connectivity index (χ3n) is 16.7. The van der Waals surface area contributed by atoms with Gasteiger partial charge in [0.25, 0.3) is 5.56 Å². The van der Waals surface area contributed by atoms with Crippen LogP contribution in [-0.4, -0.2) is 118 Å². The lowest BCUT2D eigenvalue weighted by Gasteiger charge is -2.60. The van der Waals surface area contributed by atoms with Crippen molar-refractivity contribution in [3.63, 3.8) is 0 Å². The molecule has 3 aliphatic heterocycles. The molecule has 2 saturated heterocycles. The van der Waals surface area contributed by atoms with Crippen LogP contribution in [0.3, 0.4) is 0 Å². The number of pyridine rings is 1. The van der Waals surface area contributed by atoms with Gasteiger partial charge in [0, 0.05) is 66.9 Å². The summed E-state index contributed by atoms with van der Waals surface area (Å²) in [6, 6.07) is 15.4. The first-order chi connectivity index (χ1) is 35.5. The Labute approximate surface area is 434 Å². The molecule has 4 fully saturated rings. The third kappa shape index (κ3) is 9.55. The summed E-state index contributed by atoms with van der Waals surface area (Å²) in [7, 11) is 0.